The quantitative estimate of drug-likeness (QED) is 0.387. The predicted molar refractivity (Wildman–Crippen MR) is 123 cm³/mol. The van der Waals surface area contributed by atoms with Gasteiger partial charge in [0, 0.05) is 29.9 Å². The van der Waals surface area contributed by atoms with E-state index in [2.05, 4.69) is 69.0 Å². The Bertz CT molecular complexity index is 794. The molecule has 0 radical (unpaired) electrons. The van der Waals surface area contributed by atoms with Crippen LogP contribution in [0.2, 0.25) is 0 Å². The van der Waals surface area contributed by atoms with Gasteiger partial charge in [0.25, 0.3) is 0 Å². The lowest BCUT2D eigenvalue weighted by Gasteiger charge is -2.56. The second-order valence-corrected chi connectivity index (χ2v) is 8.56. The number of hydrogen-bond acceptors (Lipinski definition) is 2. The predicted octanol–water partition coefficient (Wildman–Crippen LogP) is 6.58. The molecule has 0 aromatic heterocycles. The molecule has 1 aliphatic heterocycles. The first kappa shape index (κ1) is 20.8. The number of hydrogen-bond donors (Lipinski definition) is 0. The van der Waals surface area contributed by atoms with Crippen LogP contribution < -0.4 is 0 Å². The topological polar surface area (TPSA) is 15.6 Å². The van der Waals surface area contributed by atoms with Crippen LogP contribution in [0.5, 0.6) is 0 Å². The SMILES string of the molecule is C\C=C/C=C\C(C)=N\C(=C(/C)CN1CC2CCCC21CC)c1ccc(C)cc1. The second-order valence-electron chi connectivity index (χ2n) is 8.56. The average Bonchev–Trinajstić information content (AvgIpc) is 3.01. The summed E-state index contributed by atoms with van der Waals surface area (Å²) in [5.74, 6) is 0.919. The van der Waals surface area contributed by atoms with Crippen molar-refractivity contribution in [3.63, 3.8) is 0 Å². The third-order valence-electron chi connectivity index (χ3n) is 6.69. The van der Waals surface area contributed by atoms with Gasteiger partial charge in [-0.05, 0) is 64.5 Å². The third kappa shape index (κ3) is 4.22. The van der Waals surface area contributed by atoms with E-state index in [0.29, 0.717) is 5.54 Å². The van der Waals surface area contributed by atoms with Gasteiger partial charge in [-0.1, -0.05) is 61.4 Å². The van der Waals surface area contributed by atoms with E-state index in [1.54, 1.807) is 0 Å². The first-order valence-electron chi connectivity index (χ1n) is 10.9. The fraction of sp³-hybridized carbons (Fsp3) is 0.500. The highest BCUT2D eigenvalue weighted by atomic mass is 15.3. The van der Waals surface area contributed by atoms with Gasteiger partial charge in [0.15, 0.2) is 0 Å². The number of nitrogens with zero attached hydrogens (tertiary/aromatic N) is 2. The molecule has 1 aromatic carbocycles. The maximum Gasteiger partial charge on any atom is 0.0707 e. The van der Waals surface area contributed by atoms with E-state index in [9.17, 15) is 0 Å². The van der Waals surface area contributed by atoms with Crippen molar-refractivity contribution in [2.75, 3.05) is 13.1 Å². The molecule has 2 heteroatoms. The van der Waals surface area contributed by atoms with Gasteiger partial charge in [0.05, 0.1) is 5.70 Å². The molecule has 2 atom stereocenters. The monoisotopic (exact) mass is 376 g/mol. The minimum atomic E-state index is 0.463. The fourth-order valence-corrected chi connectivity index (χ4v) is 5.05. The molecule has 28 heavy (non-hydrogen) atoms. The van der Waals surface area contributed by atoms with E-state index in [4.69, 9.17) is 4.99 Å². The molecule has 2 nitrogen and oxygen atoms in total. The Morgan fingerprint density at radius 3 is 2.61 bits per heavy atom. The molecule has 1 saturated heterocycles. The molecular weight excluding hydrogens is 340 g/mol. The van der Waals surface area contributed by atoms with Gasteiger partial charge in [-0.2, -0.15) is 0 Å². The van der Waals surface area contributed by atoms with Crippen molar-refractivity contribution in [3.8, 4) is 0 Å². The molecule has 150 valence electrons. The molecule has 1 aromatic rings. The van der Waals surface area contributed by atoms with E-state index < -0.39 is 0 Å². The molecule has 1 aliphatic carbocycles. The number of fused-ring (bicyclic) bond motifs is 1. The van der Waals surface area contributed by atoms with Gasteiger partial charge in [0.1, 0.15) is 0 Å². The van der Waals surface area contributed by atoms with Crippen molar-refractivity contribution in [2.24, 2.45) is 10.9 Å². The Hall–Kier alpha value is -1.93. The molecular formula is C26H36N2. The van der Waals surface area contributed by atoms with Crippen LogP contribution in [-0.4, -0.2) is 29.2 Å². The Balaban J connectivity index is 1.90. The van der Waals surface area contributed by atoms with Crippen molar-refractivity contribution >= 4 is 11.4 Å². The van der Waals surface area contributed by atoms with E-state index in [1.807, 2.05) is 19.1 Å². The summed E-state index contributed by atoms with van der Waals surface area (Å²) in [7, 11) is 0. The van der Waals surface area contributed by atoms with E-state index in [0.717, 1.165) is 23.9 Å². The molecule has 1 heterocycles. The van der Waals surface area contributed by atoms with Crippen molar-refractivity contribution < 1.29 is 0 Å². The smallest absolute Gasteiger partial charge is 0.0707 e. The van der Waals surface area contributed by atoms with Crippen molar-refractivity contribution in [1.29, 1.82) is 0 Å². The Kier molecular flexibility index (Phi) is 6.72. The van der Waals surface area contributed by atoms with Gasteiger partial charge in [0.2, 0.25) is 0 Å². The van der Waals surface area contributed by atoms with E-state index >= 15 is 0 Å². The van der Waals surface area contributed by atoms with Gasteiger partial charge in [-0.15, -0.1) is 0 Å². The van der Waals surface area contributed by atoms with E-state index in [-0.39, 0.29) is 0 Å². The summed E-state index contributed by atoms with van der Waals surface area (Å²) in [6, 6.07) is 8.80. The van der Waals surface area contributed by atoms with Crippen molar-refractivity contribution in [3.05, 3.63) is 65.3 Å². The number of allylic oxidation sites excluding steroid dienone is 4. The summed E-state index contributed by atoms with van der Waals surface area (Å²) in [6.45, 7) is 13.2. The van der Waals surface area contributed by atoms with Crippen LogP contribution >= 0.6 is 0 Å². The number of aryl methyl sites for hydroxylation is 1. The molecule has 3 rings (SSSR count). The molecule has 0 bridgehead atoms. The summed E-state index contributed by atoms with van der Waals surface area (Å²) in [4.78, 5) is 7.77. The first-order chi connectivity index (χ1) is 13.5. The number of benzene rings is 1. The molecule has 1 saturated carbocycles. The second kappa shape index (κ2) is 9.05. The van der Waals surface area contributed by atoms with Crippen LogP contribution in [-0.2, 0) is 0 Å². The van der Waals surface area contributed by atoms with Crippen LogP contribution in [0.3, 0.4) is 0 Å². The summed E-state index contributed by atoms with van der Waals surface area (Å²) in [5, 5.41) is 0. The minimum Gasteiger partial charge on any atom is -0.293 e. The van der Waals surface area contributed by atoms with E-state index in [1.165, 1.54) is 48.9 Å². The summed E-state index contributed by atoms with van der Waals surface area (Å²) in [5.41, 5.74) is 6.52. The highest BCUT2D eigenvalue weighted by Gasteiger charge is 2.54. The highest BCUT2D eigenvalue weighted by Crippen LogP contribution is 2.51. The largest absolute Gasteiger partial charge is 0.293 e. The zero-order chi connectivity index (χ0) is 20.1. The normalized spacial score (nSPS) is 26.6. The van der Waals surface area contributed by atoms with Crippen molar-refractivity contribution in [2.45, 2.75) is 65.8 Å². The summed E-state index contributed by atoms with van der Waals surface area (Å²) >= 11 is 0. The molecule has 2 aliphatic rings. The number of aliphatic imine (C=N–C) groups is 1. The minimum absolute atomic E-state index is 0.463. The molecule has 2 unspecified atom stereocenters. The maximum atomic E-state index is 5.04. The summed E-state index contributed by atoms with van der Waals surface area (Å²) in [6.07, 6.45) is 13.7. The Morgan fingerprint density at radius 1 is 1.21 bits per heavy atom. The molecule has 0 N–H and O–H groups in total. The third-order valence-corrected chi connectivity index (χ3v) is 6.69. The zero-order valence-electron chi connectivity index (χ0n) is 18.3. The van der Waals surface area contributed by atoms with Crippen LogP contribution in [0.4, 0.5) is 0 Å². The van der Waals surface area contributed by atoms with Gasteiger partial charge in [-0.25, -0.2) is 0 Å². The molecule has 0 spiro atoms. The number of likely N-dealkylation sites (tertiary alicyclic amines) is 1. The maximum absolute atomic E-state index is 5.04. The zero-order valence-corrected chi connectivity index (χ0v) is 18.3. The lowest BCUT2D eigenvalue weighted by Crippen LogP contribution is -2.64. The molecule has 2 fully saturated rings. The van der Waals surface area contributed by atoms with Crippen LogP contribution in [0, 0.1) is 12.8 Å². The Labute approximate surface area is 171 Å². The van der Waals surface area contributed by atoms with Crippen LogP contribution in [0.25, 0.3) is 5.70 Å². The average molecular weight is 377 g/mol. The fourth-order valence-electron chi connectivity index (χ4n) is 5.05. The lowest BCUT2D eigenvalue weighted by atomic mass is 9.74. The van der Waals surface area contributed by atoms with Gasteiger partial charge < -0.3 is 0 Å². The van der Waals surface area contributed by atoms with Gasteiger partial charge in [-0.3, -0.25) is 9.89 Å². The summed E-state index contributed by atoms with van der Waals surface area (Å²) < 4.78 is 0. The first-order valence-corrected chi connectivity index (χ1v) is 10.9. The number of rotatable bonds is 7. The highest BCUT2D eigenvalue weighted by molar-refractivity contribution is 5.97. The van der Waals surface area contributed by atoms with Gasteiger partial charge >= 0.3 is 0 Å². The lowest BCUT2D eigenvalue weighted by molar-refractivity contribution is -0.0562. The Morgan fingerprint density at radius 2 is 1.96 bits per heavy atom. The standard InChI is InChI=1S/C26H36N2/c1-6-8-9-11-22(5)27-25(23-15-13-20(3)14-16-23)21(4)18-28-19-24-12-10-17-26(24,28)7-2/h6,8-9,11,13-16,24H,7,10,12,17-19H2,1-5H3/b8-6-,11-9-,25-21+,27-22+. The van der Waals surface area contributed by atoms with Crippen LogP contribution in [0.15, 0.2) is 59.1 Å². The molecule has 0 amide bonds. The van der Waals surface area contributed by atoms with Crippen molar-refractivity contribution in [1.82, 2.24) is 4.90 Å². The van der Waals surface area contributed by atoms with Crippen LogP contribution in [0.1, 0.15) is 64.5 Å².